The second-order valence-corrected chi connectivity index (χ2v) is 8.59. The van der Waals surface area contributed by atoms with E-state index in [4.69, 9.17) is 4.74 Å². The average molecular weight is 447 g/mol. The van der Waals surface area contributed by atoms with Crippen LogP contribution in [0.25, 0.3) is 0 Å². The molecular formula is C26H26N2O5. The number of carbonyl (C=O) groups excluding carboxylic acids is 4. The average Bonchev–Trinajstić information content (AvgIpc) is 3.06. The van der Waals surface area contributed by atoms with Crippen LogP contribution in [-0.2, 0) is 19.1 Å². The van der Waals surface area contributed by atoms with Gasteiger partial charge in [-0.3, -0.25) is 19.3 Å². The van der Waals surface area contributed by atoms with Crippen LogP contribution in [0.3, 0.4) is 0 Å². The molecule has 7 nitrogen and oxygen atoms in total. The molecule has 1 fully saturated rings. The summed E-state index contributed by atoms with van der Waals surface area (Å²) in [7, 11) is 0. The number of hydrogen-bond acceptors (Lipinski definition) is 5. The highest BCUT2D eigenvalue weighted by atomic mass is 16.5. The number of nitrogens with zero attached hydrogens (tertiary/aromatic N) is 1. The summed E-state index contributed by atoms with van der Waals surface area (Å²) in [5.74, 6) is -2.19. The van der Waals surface area contributed by atoms with Crippen LogP contribution in [0.4, 0.5) is 11.4 Å². The maximum Gasteiger partial charge on any atom is 0.338 e. The molecule has 0 bridgehead atoms. The zero-order valence-corrected chi connectivity index (χ0v) is 18.8. The highest BCUT2D eigenvalue weighted by molar-refractivity contribution is 6.22. The van der Waals surface area contributed by atoms with Gasteiger partial charge < -0.3 is 10.1 Å². The van der Waals surface area contributed by atoms with Crippen LogP contribution in [0, 0.1) is 31.6 Å². The Balaban J connectivity index is 1.38. The van der Waals surface area contributed by atoms with Gasteiger partial charge in [-0.1, -0.05) is 31.2 Å². The smallest absolute Gasteiger partial charge is 0.338 e. The van der Waals surface area contributed by atoms with Crippen LogP contribution in [0.5, 0.6) is 0 Å². The van der Waals surface area contributed by atoms with Crippen LogP contribution in [0.15, 0.2) is 54.6 Å². The first kappa shape index (κ1) is 22.5. The van der Waals surface area contributed by atoms with Crippen LogP contribution < -0.4 is 10.2 Å². The van der Waals surface area contributed by atoms with Gasteiger partial charge in [-0.2, -0.15) is 0 Å². The Kier molecular flexibility index (Phi) is 6.14. The van der Waals surface area contributed by atoms with Gasteiger partial charge in [-0.25, -0.2) is 4.79 Å². The Hall–Kier alpha value is -3.74. The highest BCUT2D eigenvalue weighted by Gasteiger charge is 2.50. The zero-order valence-electron chi connectivity index (χ0n) is 18.8. The maximum absolute atomic E-state index is 12.9. The van der Waals surface area contributed by atoms with Crippen LogP contribution >= 0.6 is 0 Å². The van der Waals surface area contributed by atoms with Gasteiger partial charge in [0.15, 0.2) is 6.61 Å². The Labute approximate surface area is 192 Å². The maximum atomic E-state index is 12.9. The van der Waals surface area contributed by atoms with Crippen LogP contribution in [0.2, 0.25) is 0 Å². The summed E-state index contributed by atoms with van der Waals surface area (Å²) in [4.78, 5) is 51.5. The molecule has 1 aliphatic carbocycles. The van der Waals surface area contributed by atoms with Crippen LogP contribution in [-0.4, -0.2) is 30.3 Å². The van der Waals surface area contributed by atoms with Gasteiger partial charge >= 0.3 is 5.97 Å². The van der Waals surface area contributed by atoms with E-state index < -0.39 is 18.5 Å². The molecule has 2 aromatic carbocycles. The molecule has 1 saturated heterocycles. The van der Waals surface area contributed by atoms with Crippen molar-refractivity contribution >= 4 is 35.1 Å². The second-order valence-electron chi connectivity index (χ2n) is 8.59. The van der Waals surface area contributed by atoms with Gasteiger partial charge in [0.2, 0.25) is 11.8 Å². The van der Waals surface area contributed by atoms with E-state index in [-0.39, 0.29) is 35.1 Å². The first-order chi connectivity index (χ1) is 15.8. The first-order valence-electron chi connectivity index (χ1n) is 11.0. The van der Waals surface area contributed by atoms with Gasteiger partial charge in [0, 0.05) is 5.69 Å². The van der Waals surface area contributed by atoms with Crippen molar-refractivity contribution in [3.63, 3.8) is 0 Å². The molecule has 3 amide bonds. The van der Waals surface area contributed by atoms with E-state index in [9.17, 15) is 19.2 Å². The van der Waals surface area contributed by atoms with Crippen molar-refractivity contribution in [3.05, 3.63) is 71.3 Å². The van der Waals surface area contributed by atoms with Crippen molar-refractivity contribution in [2.24, 2.45) is 17.8 Å². The molecule has 7 heteroatoms. The Morgan fingerprint density at radius 2 is 1.79 bits per heavy atom. The van der Waals surface area contributed by atoms with Gasteiger partial charge in [-0.05, 0) is 67.6 Å². The standard InChI is InChI=1S/C26H26N2O5/c1-15-6-5-9-21(17(15)3)27-22(29)14-33-26(32)18-10-12-19(13-11-18)28-24(30)20-8-4-7-16(2)23(20)25(28)31/h4-7,9-13,16,20,23H,8,14H2,1-3H3,(H,27,29)/t16-,20+,23+/m0/s1. The molecular weight excluding hydrogens is 420 g/mol. The summed E-state index contributed by atoms with van der Waals surface area (Å²) in [6.45, 7) is 5.37. The second kappa shape index (κ2) is 9.02. The van der Waals surface area contributed by atoms with Crippen molar-refractivity contribution in [2.45, 2.75) is 27.2 Å². The van der Waals surface area contributed by atoms with Crippen LogP contribution in [0.1, 0.15) is 34.8 Å². The molecule has 2 aromatic rings. The minimum atomic E-state index is -0.664. The minimum absolute atomic E-state index is 0.00851. The number of nitrogens with one attached hydrogen (secondary N) is 1. The largest absolute Gasteiger partial charge is 0.452 e. The molecule has 0 radical (unpaired) electrons. The number of esters is 1. The van der Waals surface area contributed by atoms with E-state index in [1.165, 1.54) is 17.0 Å². The number of allylic oxidation sites excluding steroid dienone is 2. The third-order valence-electron chi connectivity index (χ3n) is 6.45. The predicted octanol–water partition coefficient (Wildman–Crippen LogP) is 3.80. The number of ether oxygens (including phenoxy) is 1. The summed E-state index contributed by atoms with van der Waals surface area (Å²) in [6.07, 6.45) is 4.49. The molecule has 0 unspecified atom stereocenters. The van der Waals surface area contributed by atoms with Gasteiger partial charge in [0.1, 0.15) is 0 Å². The lowest BCUT2D eigenvalue weighted by molar-refractivity contribution is -0.123. The third kappa shape index (κ3) is 4.31. The number of rotatable bonds is 5. The van der Waals surface area contributed by atoms with Gasteiger partial charge in [-0.15, -0.1) is 0 Å². The van der Waals surface area contributed by atoms with Crippen molar-refractivity contribution < 1.29 is 23.9 Å². The Morgan fingerprint density at radius 1 is 1.06 bits per heavy atom. The molecule has 2 aliphatic rings. The fourth-order valence-electron chi connectivity index (χ4n) is 4.44. The molecule has 33 heavy (non-hydrogen) atoms. The predicted molar refractivity (Wildman–Crippen MR) is 124 cm³/mol. The molecule has 1 heterocycles. The first-order valence-corrected chi connectivity index (χ1v) is 11.0. The number of anilines is 2. The van der Waals surface area contributed by atoms with E-state index in [0.717, 1.165) is 11.1 Å². The summed E-state index contributed by atoms with van der Waals surface area (Å²) in [5, 5.41) is 2.74. The number of amides is 3. The fraction of sp³-hybridized carbons (Fsp3) is 0.308. The summed E-state index contributed by atoms with van der Waals surface area (Å²) in [6, 6.07) is 11.7. The van der Waals surface area contributed by atoms with Crippen molar-refractivity contribution in [2.75, 3.05) is 16.8 Å². The molecule has 170 valence electrons. The van der Waals surface area contributed by atoms with Gasteiger partial charge in [0.05, 0.1) is 23.1 Å². The monoisotopic (exact) mass is 446 g/mol. The van der Waals surface area contributed by atoms with Gasteiger partial charge in [0.25, 0.3) is 5.91 Å². The zero-order chi connectivity index (χ0) is 23.7. The normalized spacial score (nSPS) is 21.7. The number of fused-ring (bicyclic) bond motifs is 1. The molecule has 0 aromatic heterocycles. The molecule has 0 saturated carbocycles. The lowest BCUT2D eigenvalue weighted by Crippen LogP contribution is -2.31. The molecule has 3 atom stereocenters. The van der Waals surface area contributed by atoms with E-state index in [1.807, 2.05) is 45.1 Å². The lowest BCUT2D eigenvalue weighted by atomic mass is 9.78. The number of benzene rings is 2. The topological polar surface area (TPSA) is 92.8 Å². The summed E-state index contributed by atoms with van der Waals surface area (Å²) >= 11 is 0. The van der Waals surface area contributed by atoms with Crippen molar-refractivity contribution in [3.8, 4) is 0 Å². The Bertz CT molecular complexity index is 1150. The van der Waals surface area contributed by atoms with Crippen molar-refractivity contribution in [1.29, 1.82) is 0 Å². The molecule has 1 N–H and O–H groups in total. The highest BCUT2D eigenvalue weighted by Crippen LogP contribution is 2.40. The molecule has 1 aliphatic heterocycles. The minimum Gasteiger partial charge on any atom is -0.452 e. The van der Waals surface area contributed by atoms with E-state index >= 15 is 0 Å². The van der Waals surface area contributed by atoms with Crippen molar-refractivity contribution in [1.82, 2.24) is 0 Å². The number of hydrogen-bond donors (Lipinski definition) is 1. The SMILES string of the molecule is Cc1cccc(NC(=O)COC(=O)c2ccc(N3C(=O)[C@@H]4[C@@H](C)C=CC[C@H]4C3=O)cc2)c1C. The summed E-state index contributed by atoms with van der Waals surface area (Å²) < 4.78 is 5.12. The van der Waals surface area contributed by atoms with E-state index in [0.29, 0.717) is 17.8 Å². The lowest BCUT2D eigenvalue weighted by Gasteiger charge is -2.22. The number of imide groups is 1. The van der Waals surface area contributed by atoms with E-state index in [2.05, 4.69) is 5.32 Å². The Morgan fingerprint density at radius 3 is 2.48 bits per heavy atom. The van der Waals surface area contributed by atoms with E-state index in [1.54, 1.807) is 18.2 Å². The number of carbonyl (C=O) groups is 4. The quantitative estimate of drug-likeness (QED) is 0.428. The number of aryl methyl sites for hydroxylation is 1. The third-order valence-corrected chi connectivity index (χ3v) is 6.45. The molecule has 4 rings (SSSR count). The molecule has 0 spiro atoms. The fourth-order valence-corrected chi connectivity index (χ4v) is 4.44. The summed E-state index contributed by atoms with van der Waals surface area (Å²) in [5.41, 5.74) is 3.32.